The summed E-state index contributed by atoms with van der Waals surface area (Å²) in [5.74, 6) is 0.932. The van der Waals surface area contributed by atoms with Crippen LogP contribution in [0.5, 0.6) is 0 Å². The molecule has 0 saturated carbocycles. The van der Waals surface area contributed by atoms with Crippen molar-refractivity contribution in [3.8, 4) is 0 Å². The number of hydrogen-bond donors (Lipinski definition) is 0. The summed E-state index contributed by atoms with van der Waals surface area (Å²) in [5.41, 5.74) is 1.86. The highest BCUT2D eigenvalue weighted by molar-refractivity contribution is 7.99. The highest BCUT2D eigenvalue weighted by Gasteiger charge is 2.29. The van der Waals surface area contributed by atoms with Crippen molar-refractivity contribution in [1.82, 2.24) is 0 Å². The Hall–Kier alpha value is -0.960. The van der Waals surface area contributed by atoms with Crippen molar-refractivity contribution in [2.75, 3.05) is 5.75 Å². The number of Topliss-reactive ketones (excluding diaryl/α,β-unsaturated/α-hetero) is 1. The zero-order chi connectivity index (χ0) is 14.1. The lowest BCUT2D eigenvalue weighted by atomic mass is 9.93. The summed E-state index contributed by atoms with van der Waals surface area (Å²) in [6.45, 7) is 0. The Balaban J connectivity index is 1.85. The van der Waals surface area contributed by atoms with Gasteiger partial charge in [0.25, 0.3) is 0 Å². The summed E-state index contributed by atoms with van der Waals surface area (Å²) < 4.78 is 0. The van der Waals surface area contributed by atoms with Gasteiger partial charge in [-0.1, -0.05) is 47.5 Å². The number of ketones is 1. The fourth-order valence-electron chi connectivity index (χ4n) is 2.43. The van der Waals surface area contributed by atoms with E-state index >= 15 is 0 Å². The number of benzene rings is 2. The van der Waals surface area contributed by atoms with Crippen molar-refractivity contribution in [2.45, 2.75) is 17.2 Å². The first kappa shape index (κ1) is 14.0. The smallest absolute Gasteiger partial charge is 0.145 e. The van der Waals surface area contributed by atoms with E-state index in [9.17, 15) is 4.79 Å². The zero-order valence-electron chi connectivity index (χ0n) is 10.6. The Morgan fingerprint density at radius 3 is 2.55 bits per heavy atom. The van der Waals surface area contributed by atoms with Crippen LogP contribution in [0.25, 0.3) is 0 Å². The average molecular weight is 323 g/mol. The summed E-state index contributed by atoms with van der Waals surface area (Å²) in [6.07, 6.45) is 0.290. The van der Waals surface area contributed by atoms with Crippen LogP contribution in [0.1, 0.15) is 17.0 Å². The lowest BCUT2D eigenvalue weighted by Gasteiger charge is -2.11. The van der Waals surface area contributed by atoms with Crippen LogP contribution < -0.4 is 0 Å². The molecule has 2 aromatic rings. The predicted octanol–water partition coefficient (Wildman–Crippen LogP) is 4.99. The minimum Gasteiger partial charge on any atom is -0.299 e. The molecule has 0 fully saturated rings. The molecule has 0 bridgehead atoms. The van der Waals surface area contributed by atoms with Crippen LogP contribution in [0.4, 0.5) is 0 Å². The Morgan fingerprint density at radius 1 is 1.10 bits per heavy atom. The molecule has 2 aromatic carbocycles. The molecule has 1 unspecified atom stereocenters. The lowest BCUT2D eigenvalue weighted by molar-refractivity contribution is -0.119. The molecule has 20 heavy (non-hydrogen) atoms. The van der Waals surface area contributed by atoms with E-state index in [1.807, 2.05) is 18.2 Å². The van der Waals surface area contributed by atoms with Crippen LogP contribution in [-0.4, -0.2) is 11.5 Å². The molecule has 0 aliphatic carbocycles. The van der Waals surface area contributed by atoms with Gasteiger partial charge in [0.05, 0.1) is 5.92 Å². The first-order valence-corrected chi connectivity index (χ1v) is 8.08. The Labute approximate surface area is 132 Å². The van der Waals surface area contributed by atoms with Crippen molar-refractivity contribution < 1.29 is 4.79 Å². The maximum atomic E-state index is 12.6. The predicted molar refractivity (Wildman–Crippen MR) is 85.1 cm³/mol. The number of halogens is 2. The van der Waals surface area contributed by atoms with Gasteiger partial charge in [-0.15, -0.1) is 11.8 Å². The van der Waals surface area contributed by atoms with Crippen molar-refractivity contribution in [3.63, 3.8) is 0 Å². The number of carbonyl (C=O) groups excluding carboxylic acids is 1. The summed E-state index contributed by atoms with van der Waals surface area (Å²) in [7, 11) is 0. The summed E-state index contributed by atoms with van der Waals surface area (Å²) in [6, 6.07) is 13.4. The summed E-state index contributed by atoms with van der Waals surface area (Å²) in [4.78, 5) is 13.8. The molecular weight excluding hydrogens is 311 g/mol. The molecule has 1 aliphatic heterocycles. The van der Waals surface area contributed by atoms with Crippen LogP contribution in [0.15, 0.2) is 47.4 Å². The topological polar surface area (TPSA) is 17.1 Å². The third kappa shape index (κ3) is 2.60. The van der Waals surface area contributed by atoms with Crippen LogP contribution in [-0.2, 0) is 11.2 Å². The average Bonchev–Trinajstić information content (AvgIpc) is 2.87. The van der Waals surface area contributed by atoms with Crippen LogP contribution in [0.2, 0.25) is 10.0 Å². The fourth-order valence-corrected chi connectivity index (χ4v) is 4.22. The minimum absolute atomic E-state index is 0.0523. The van der Waals surface area contributed by atoms with E-state index in [4.69, 9.17) is 23.2 Å². The monoisotopic (exact) mass is 322 g/mol. The third-order valence-electron chi connectivity index (χ3n) is 3.50. The molecule has 1 nitrogen and oxygen atoms in total. The first-order chi connectivity index (χ1) is 9.66. The maximum absolute atomic E-state index is 12.6. The standard InChI is InChI=1S/C16H12Cl2OS/c17-13-5-3-6-14(18)11(13)8-15(19)12-9-20-16-7-2-1-4-10(12)16/h1-7,12H,8-9H2. The third-order valence-corrected chi connectivity index (χ3v) is 5.39. The lowest BCUT2D eigenvalue weighted by Crippen LogP contribution is -2.15. The maximum Gasteiger partial charge on any atom is 0.145 e. The number of fused-ring (bicyclic) bond motifs is 1. The highest BCUT2D eigenvalue weighted by Crippen LogP contribution is 2.40. The van der Waals surface area contributed by atoms with Gasteiger partial charge in [0.1, 0.15) is 5.78 Å². The molecule has 3 rings (SSSR count). The van der Waals surface area contributed by atoms with Gasteiger partial charge in [0.2, 0.25) is 0 Å². The Bertz CT molecular complexity index is 649. The minimum atomic E-state index is -0.0523. The second kappa shape index (κ2) is 5.80. The van der Waals surface area contributed by atoms with E-state index in [0.29, 0.717) is 10.0 Å². The molecular formula is C16H12Cl2OS. The van der Waals surface area contributed by atoms with Gasteiger partial charge >= 0.3 is 0 Å². The van der Waals surface area contributed by atoms with Gasteiger partial charge in [-0.2, -0.15) is 0 Å². The van der Waals surface area contributed by atoms with Gasteiger partial charge in [-0.05, 0) is 29.3 Å². The van der Waals surface area contributed by atoms with Gasteiger partial charge < -0.3 is 0 Å². The van der Waals surface area contributed by atoms with E-state index in [-0.39, 0.29) is 18.1 Å². The molecule has 1 heterocycles. The van der Waals surface area contributed by atoms with E-state index in [1.54, 1.807) is 30.0 Å². The van der Waals surface area contributed by atoms with E-state index in [2.05, 4.69) is 6.07 Å². The van der Waals surface area contributed by atoms with Crippen molar-refractivity contribution >= 4 is 40.7 Å². The fraction of sp³-hybridized carbons (Fsp3) is 0.188. The quantitative estimate of drug-likeness (QED) is 0.791. The zero-order valence-corrected chi connectivity index (χ0v) is 12.9. The van der Waals surface area contributed by atoms with Gasteiger partial charge in [0.15, 0.2) is 0 Å². The van der Waals surface area contributed by atoms with Gasteiger partial charge in [-0.25, -0.2) is 0 Å². The van der Waals surface area contributed by atoms with E-state index in [0.717, 1.165) is 16.9 Å². The Morgan fingerprint density at radius 2 is 1.80 bits per heavy atom. The number of carbonyl (C=O) groups is 1. The van der Waals surface area contributed by atoms with Crippen molar-refractivity contribution in [3.05, 3.63) is 63.6 Å². The molecule has 0 amide bonds. The molecule has 0 radical (unpaired) electrons. The molecule has 0 spiro atoms. The SMILES string of the molecule is O=C(Cc1c(Cl)cccc1Cl)C1CSc2ccccc21. The second-order valence-electron chi connectivity index (χ2n) is 4.74. The molecule has 1 aliphatic rings. The first-order valence-electron chi connectivity index (χ1n) is 6.34. The molecule has 102 valence electrons. The van der Waals surface area contributed by atoms with Crippen LogP contribution >= 0.6 is 35.0 Å². The number of rotatable bonds is 3. The highest BCUT2D eigenvalue weighted by atomic mass is 35.5. The number of hydrogen-bond acceptors (Lipinski definition) is 2. The van der Waals surface area contributed by atoms with E-state index in [1.165, 1.54) is 4.90 Å². The normalized spacial score (nSPS) is 17.0. The van der Waals surface area contributed by atoms with Crippen molar-refractivity contribution in [2.24, 2.45) is 0 Å². The Kier molecular flexibility index (Phi) is 4.06. The van der Waals surface area contributed by atoms with Crippen LogP contribution in [0, 0.1) is 0 Å². The van der Waals surface area contributed by atoms with Gasteiger partial charge in [-0.3, -0.25) is 4.79 Å². The number of thioether (sulfide) groups is 1. The summed E-state index contributed by atoms with van der Waals surface area (Å²) in [5, 5.41) is 1.12. The van der Waals surface area contributed by atoms with Crippen molar-refractivity contribution in [1.29, 1.82) is 0 Å². The molecule has 1 atom stereocenters. The largest absolute Gasteiger partial charge is 0.299 e. The summed E-state index contributed by atoms with van der Waals surface area (Å²) >= 11 is 14.0. The molecule has 0 aromatic heterocycles. The van der Waals surface area contributed by atoms with E-state index < -0.39 is 0 Å². The van der Waals surface area contributed by atoms with Crippen LogP contribution in [0.3, 0.4) is 0 Å². The molecule has 0 saturated heterocycles. The van der Waals surface area contributed by atoms with Gasteiger partial charge in [0, 0.05) is 27.1 Å². The molecule has 0 N–H and O–H groups in total. The molecule has 4 heteroatoms. The second-order valence-corrected chi connectivity index (χ2v) is 6.62.